The Labute approximate surface area is 126 Å². The van der Waals surface area contributed by atoms with E-state index in [1.165, 1.54) is 25.7 Å². The van der Waals surface area contributed by atoms with E-state index < -0.39 is 0 Å². The van der Waals surface area contributed by atoms with Gasteiger partial charge in [0.2, 0.25) is 0 Å². The molecule has 1 aliphatic carbocycles. The maximum absolute atomic E-state index is 10.2. The molecule has 4 atom stereocenters. The Hall–Kier alpha value is -0.0800. The van der Waals surface area contributed by atoms with Gasteiger partial charge in [0.05, 0.1) is 12.2 Å². The lowest BCUT2D eigenvalue weighted by Crippen LogP contribution is -2.40. The Balaban J connectivity index is 2.43. The largest absolute Gasteiger partial charge is 0.390 e. The predicted molar refractivity (Wildman–Crippen MR) is 85.8 cm³/mol. The number of aliphatic hydroxyl groups excluding tert-OH is 1. The van der Waals surface area contributed by atoms with E-state index >= 15 is 0 Å². The van der Waals surface area contributed by atoms with E-state index in [2.05, 4.69) is 34.6 Å². The molecule has 0 spiro atoms. The topological polar surface area (TPSA) is 29.5 Å². The zero-order valence-corrected chi connectivity index (χ0v) is 14.3. The van der Waals surface area contributed by atoms with Crippen LogP contribution in [-0.4, -0.2) is 23.9 Å². The van der Waals surface area contributed by atoms with Crippen molar-refractivity contribution in [3.8, 4) is 0 Å². The van der Waals surface area contributed by atoms with Gasteiger partial charge in [0, 0.05) is 6.61 Å². The molecule has 0 radical (unpaired) electrons. The predicted octanol–water partition coefficient (Wildman–Crippen LogP) is 4.80. The molecule has 2 nitrogen and oxygen atoms in total. The minimum atomic E-state index is -0.253. The van der Waals surface area contributed by atoms with Crippen molar-refractivity contribution in [1.29, 1.82) is 0 Å². The highest BCUT2D eigenvalue weighted by atomic mass is 16.5. The van der Waals surface area contributed by atoms with Gasteiger partial charge in [0.25, 0.3) is 0 Å². The number of unbranched alkanes of at least 4 members (excludes halogenated alkanes) is 1. The number of ether oxygens (including phenoxy) is 1. The van der Waals surface area contributed by atoms with Crippen molar-refractivity contribution < 1.29 is 9.84 Å². The van der Waals surface area contributed by atoms with Gasteiger partial charge in [0.1, 0.15) is 0 Å². The number of hydrogen-bond acceptors (Lipinski definition) is 2. The Bertz CT molecular complexity index is 257. The summed E-state index contributed by atoms with van der Waals surface area (Å²) in [5.41, 5.74) is 0.327. The van der Waals surface area contributed by atoms with E-state index in [1.807, 2.05) is 0 Å². The van der Waals surface area contributed by atoms with Crippen molar-refractivity contribution in [2.24, 2.45) is 17.3 Å². The van der Waals surface area contributed by atoms with Crippen LogP contribution < -0.4 is 0 Å². The lowest BCUT2D eigenvalue weighted by molar-refractivity contribution is -0.0929. The Morgan fingerprint density at radius 2 is 1.90 bits per heavy atom. The first kappa shape index (κ1) is 18.0. The van der Waals surface area contributed by atoms with Crippen LogP contribution in [0, 0.1) is 17.3 Å². The van der Waals surface area contributed by atoms with Crippen molar-refractivity contribution in [3.05, 3.63) is 0 Å². The van der Waals surface area contributed by atoms with Crippen LogP contribution in [0.2, 0.25) is 0 Å². The van der Waals surface area contributed by atoms with Crippen molar-refractivity contribution in [2.75, 3.05) is 6.61 Å². The molecule has 2 heteroatoms. The maximum atomic E-state index is 10.2. The smallest absolute Gasteiger partial charge is 0.0836 e. The molecule has 0 aromatic carbocycles. The van der Waals surface area contributed by atoms with Gasteiger partial charge in [-0.2, -0.15) is 0 Å². The van der Waals surface area contributed by atoms with Crippen LogP contribution >= 0.6 is 0 Å². The third kappa shape index (κ3) is 5.73. The molecule has 120 valence electrons. The molecule has 0 bridgehead atoms. The zero-order valence-electron chi connectivity index (χ0n) is 14.3. The summed E-state index contributed by atoms with van der Waals surface area (Å²) in [7, 11) is 0. The van der Waals surface area contributed by atoms with E-state index in [4.69, 9.17) is 4.74 Å². The van der Waals surface area contributed by atoms with Gasteiger partial charge in [-0.1, -0.05) is 53.9 Å². The SMILES string of the molecule is CCCCC(CC)COC1CC(C(C)(C)C)CCC1O. The van der Waals surface area contributed by atoms with E-state index in [1.54, 1.807) is 0 Å². The van der Waals surface area contributed by atoms with Crippen LogP contribution in [0.15, 0.2) is 0 Å². The summed E-state index contributed by atoms with van der Waals surface area (Å²) in [4.78, 5) is 0. The fraction of sp³-hybridized carbons (Fsp3) is 1.00. The standard InChI is InChI=1S/C18H36O2/c1-6-8-9-14(7-2)13-20-17-12-15(18(3,4)5)10-11-16(17)19/h14-17,19H,6-13H2,1-5H3. The molecule has 0 aromatic rings. The Morgan fingerprint density at radius 3 is 2.45 bits per heavy atom. The molecule has 1 aliphatic rings. The normalized spacial score (nSPS) is 29.4. The van der Waals surface area contributed by atoms with Crippen LogP contribution in [0.3, 0.4) is 0 Å². The third-order valence-corrected chi connectivity index (χ3v) is 5.07. The summed E-state index contributed by atoms with van der Waals surface area (Å²) in [6.07, 6.45) is 7.87. The van der Waals surface area contributed by atoms with Gasteiger partial charge >= 0.3 is 0 Å². The summed E-state index contributed by atoms with van der Waals surface area (Å²) in [5.74, 6) is 1.34. The molecule has 0 aliphatic heterocycles. The van der Waals surface area contributed by atoms with E-state index in [0.29, 0.717) is 17.3 Å². The quantitative estimate of drug-likeness (QED) is 0.728. The average Bonchev–Trinajstić information content (AvgIpc) is 2.39. The zero-order chi connectivity index (χ0) is 15.2. The van der Waals surface area contributed by atoms with Gasteiger partial charge in [-0.3, -0.25) is 0 Å². The van der Waals surface area contributed by atoms with Gasteiger partial charge < -0.3 is 9.84 Å². The minimum Gasteiger partial charge on any atom is -0.390 e. The number of rotatable bonds is 7. The molecule has 4 unspecified atom stereocenters. The highest BCUT2D eigenvalue weighted by Crippen LogP contribution is 2.39. The summed E-state index contributed by atoms with van der Waals surface area (Å²) in [6, 6.07) is 0. The lowest BCUT2D eigenvalue weighted by Gasteiger charge is -2.40. The fourth-order valence-electron chi connectivity index (χ4n) is 3.24. The molecule has 0 saturated heterocycles. The fourth-order valence-corrected chi connectivity index (χ4v) is 3.24. The minimum absolute atomic E-state index is 0.0589. The van der Waals surface area contributed by atoms with Crippen molar-refractivity contribution in [1.82, 2.24) is 0 Å². The first-order valence-electron chi connectivity index (χ1n) is 8.68. The summed E-state index contributed by atoms with van der Waals surface area (Å²) in [6.45, 7) is 12.2. The molecule has 20 heavy (non-hydrogen) atoms. The number of aliphatic hydroxyl groups is 1. The van der Waals surface area contributed by atoms with Crippen molar-refractivity contribution >= 4 is 0 Å². The lowest BCUT2D eigenvalue weighted by atomic mass is 9.71. The molecule has 1 fully saturated rings. The first-order chi connectivity index (χ1) is 9.38. The summed E-state index contributed by atoms with van der Waals surface area (Å²) in [5, 5.41) is 10.2. The summed E-state index contributed by atoms with van der Waals surface area (Å²) < 4.78 is 6.12. The van der Waals surface area contributed by atoms with Crippen molar-refractivity contribution in [2.45, 2.75) is 91.8 Å². The van der Waals surface area contributed by atoms with Crippen LogP contribution in [0.25, 0.3) is 0 Å². The molecule has 1 saturated carbocycles. The van der Waals surface area contributed by atoms with Gasteiger partial charge in [-0.05, 0) is 42.9 Å². The van der Waals surface area contributed by atoms with Crippen LogP contribution in [-0.2, 0) is 4.74 Å². The van der Waals surface area contributed by atoms with Gasteiger partial charge in [-0.15, -0.1) is 0 Å². The van der Waals surface area contributed by atoms with E-state index in [-0.39, 0.29) is 12.2 Å². The van der Waals surface area contributed by atoms with Crippen molar-refractivity contribution in [3.63, 3.8) is 0 Å². The molecule has 1 N–H and O–H groups in total. The second-order valence-electron chi connectivity index (χ2n) is 7.73. The molecule has 0 heterocycles. The van der Waals surface area contributed by atoms with E-state index in [0.717, 1.165) is 25.9 Å². The highest BCUT2D eigenvalue weighted by Gasteiger charge is 2.35. The average molecular weight is 284 g/mol. The monoisotopic (exact) mass is 284 g/mol. The molecule has 0 amide bonds. The highest BCUT2D eigenvalue weighted by molar-refractivity contribution is 4.86. The van der Waals surface area contributed by atoms with Gasteiger partial charge in [0.15, 0.2) is 0 Å². The van der Waals surface area contributed by atoms with Gasteiger partial charge in [-0.25, -0.2) is 0 Å². The second-order valence-corrected chi connectivity index (χ2v) is 7.73. The Kier molecular flexibility index (Phi) is 7.53. The third-order valence-electron chi connectivity index (χ3n) is 5.07. The molecule has 0 aromatic heterocycles. The first-order valence-corrected chi connectivity index (χ1v) is 8.68. The molecule has 1 rings (SSSR count). The van der Waals surface area contributed by atoms with Crippen LogP contribution in [0.1, 0.15) is 79.6 Å². The maximum Gasteiger partial charge on any atom is 0.0836 e. The Morgan fingerprint density at radius 1 is 1.20 bits per heavy atom. The summed E-state index contributed by atoms with van der Waals surface area (Å²) >= 11 is 0. The molecular formula is C18H36O2. The number of hydrogen-bond donors (Lipinski definition) is 1. The van der Waals surface area contributed by atoms with Crippen LogP contribution in [0.4, 0.5) is 0 Å². The van der Waals surface area contributed by atoms with E-state index in [9.17, 15) is 5.11 Å². The second kappa shape index (κ2) is 8.38. The van der Waals surface area contributed by atoms with Crippen LogP contribution in [0.5, 0.6) is 0 Å². The molecular weight excluding hydrogens is 248 g/mol.